The molecule has 9 heavy (non-hydrogen) atoms. The Balaban J connectivity index is 2.80. The molecule has 0 aromatic carbocycles. The number of hydrogen-bond acceptors (Lipinski definition) is 0. The van der Waals surface area contributed by atoms with E-state index >= 15 is 0 Å². The molecule has 0 spiro atoms. The van der Waals surface area contributed by atoms with Crippen LogP contribution in [0.4, 0.5) is 0 Å². The number of halogens is 2. The molecule has 0 atom stereocenters. The first-order chi connectivity index (χ1) is 4.29. The molecule has 48 valence electrons. The Morgan fingerprint density at radius 1 is 1.44 bits per heavy atom. The van der Waals surface area contributed by atoms with Crippen molar-refractivity contribution in [3.63, 3.8) is 0 Å². The Morgan fingerprint density at radius 3 is 3.00 bits per heavy atom. The summed E-state index contributed by atoms with van der Waals surface area (Å²) in [5.74, 6) is 0. The van der Waals surface area contributed by atoms with Crippen molar-refractivity contribution in [1.29, 1.82) is 0 Å². The molecule has 0 bridgehead atoms. The summed E-state index contributed by atoms with van der Waals surface area (Å²) in [6.45, 7) is 0. The van der Waals surface area contributed by atoms with Gasteiger partial charge in [-0.05, 0) is 23.1 Å². The van der Waals surface area contributed by atoms with E-state index in [1.54, 1.807) is 0 Å². The van der Waals surface area contributed by atoms with E-state index in [9.17, 15) is 0 Å². The summed E-state index contributed by atoms with van der Waals surface area (Å²) in [7, 11) is 0. The summed E-state index contributed by atoms with van der Waals surface area (Å²) >= 11 is 9.07. The van der Waals surface area contributed by atoms with Gasteiger partial charge in [0.05, 0.1) is 0 Å². The molecule has 0 nitrogen and oxygen atoms in total. The maximum atomic E-state index is 5.70. The lowest BCUT2D eigenvalue weighted by atomic mass is 10.4. The quantitative estimate of drug-likeness (QED) is 0.569. The molecule has 0 aliphatic heterocycles. The van der Waals surface area contributed by atoms with Crippen molar-refractivity contribution < 1.29 is 0 Å². The van der Waals surface area contributed by atoms with Crippen LogP contribution in [-0.4, -0.2) is 0 Å². The van der Waals surface area contributed by atoms with Crippen LogP contribution in [0.1, 0.15) is 6.42 Å². The molecule has 0 radical (unpaired) electrons. The summed E-state index contributed by atoms with van der Waals surface area (Å²) in [5.41, 5.74) is 0. The normalized spacial score (nSPS) is 18.4. The maximum Gasteiger partial charge on any atom is 0.0403 e. The monoisotopic (exact) mass is 204 g/mol. The molecule has 0 aromatic rings. The largest absolute Gasteiger partial charge is 0.0844 e. The fourth-order valence-electron chi connectivity index (χ4n) is 0.578. The topological polar surface area (TPSA) is 0 Å². The van der Waals surface area contributed by atoms with Crippen LogP contribution in [0.15, 0.2) is 33.8 Å². The number of allylic oxidation sites excluding steroid dienone is 6. The van der Waals surface area contributed by atoms with E-state index in [1.807, 2.05) is 24.3 Å². The van der Waals surface area contributed by atoms with E-state index in [0.29, 0.717) is 0 Å². The fraction of sp³-hybridized carbons (Fsp3) is 0.143. The van der Waals surface area contributed by atoms with Gasteiger partial charge in [-0.15, -0.1) is 0 Å². The Morgan fingerprint density at radius 2 is 2.22 bits per heavy atom. The van der Waals surface area contributed by atoms with Gasteiger partial charge < -0.3 is 0 Å². The standard InChI is InChI=1S/C7H6BrCl/c8-6-2-1-3-7(9)5-4-6/h1,3-5H,2H2. The van der Waals surface area contributed by atoms with Gasteiger partial charge in [-0.25, -0.2) is 0 Å². The third kappa shape index (κ3) is 2.37. The molecule has 0 heterocycles. The lowest BCUT2D eigenvalue weighted by molar-refractivity contribution is 1.38. The number of hydrogen-bond donors (Lipinski definition) is 0. The summed E-state index contributed by atoms with van der Waals surface area (Å²) in [6.07, 6.45) is 8.68. The van der Waals surface area contributed by atoms with Crippen molar-refractivity contribution in [1.82, 2.24) is 0 Å². The third-order valence-electron chi connectivity index (χ3n) is 1.01. The average Bonchev–Trinajstić information content (AvgIpc) is 1.97. The molecule has 0 saturated carbocycles. The molecule has 0 fully saturated rings. The molecule has 0 aromatic heterocycles. The van der Waals surface area contributed by atoms with Crippen LogP contribution in [0.25, 0.3) is 0 Å². The molecule has 0 saturated heterocycles. The van der Waals surface area contributed by atoms with Gasteiger partial charge in [0.1, 0.15) is 0 Å². The Kier molecular flexibility index (Phi) is 2.55. The first-order valence-corrected chi connectivity index (χ1v) is 3.84. The summed E-state index contributed by atoms with van der Waals surface area (Å²) in [4.78, 5) is 0. The van der Waals surface area contributed by atoms with Gasteiger partial charge >= 0.3 is 0 Å². The van der Waals surface area contributed by atoms with Crippen LogP contribution in [-0.2, 0) is 0 Å². The Labute approximate surface area is 68.0 Å². The zero-order valence-corrected chi connectivity index (χ0v) is 7.11. The molecule has 1 aliphatic carbocycles. The summed E-state index contributed by atoms with van der Waals surface area (Å²) in [6, 6.07) is 0. The van der Waals surface area contributed by atoms with Crippen molar-refractivity contribution in [3.05, 3.63) is 33.8 Å². The molecular formula is C7H6BrCl. The predicted molar refractivity (Wildman–Crippen MR) is 44.7 cm³/mol. The van der Waals surface area contributed by atoms with E-state index in [1.165, 1.54) is 0 Å². The Hall–Kier alpha value is -0.0100. The van der Waals surface area contributed by atoms with E-state index in [2.05, 4.69) is 15.9 Å². The fourth-order valence-corrected chi connectivity index (χ4v) is 1.05. The van der Waals surface area contributed by atoms with Crippen molar-refractivity contribution in [2.45, 2.75) is 6.42 Å². The van der Waals surface area contributed by atoms with Crippen molar-refractivity contribution >= 4 is 27.5 Å². The zero-order valence-electron chi connectivity index (χ0n) is 4.77. The summed E-state index contributed by atoms with van der Waals surface area (Å²) in [5, 5.41) is 0.782. The highest BCUT2D eigenvalue weighted by Crippen LogP contribution is 2.17. The van der Waals surface area contributed by atoms with Gasteiger partial charge in [0.25, 0.3) is 0 Å². The van der Waals surface area contributed by atoms with Crippen LogP contribution in [0.5, 0.6) is 0 Å². The molecule has 0 N–H and O–H groups in total. The van der Waals surface area contributed by atoms with Crippen molar-refractivity contribution in [2.24, 2.45) is 0 Å². The highest BCUT2D eigenvalue weighted by Gasteiger charge is 1.91. The third-order valence-corrected chi connectivity index (χ3v) is 1.85. The first kappa shape index (κ1) is 7.10. The highest BCUT2D eigenvalue weighted by molar-refractivity contribution is 9.11. The van der Waals surface area contributed by atoms with Crippen LogP contribution < -0.4 is 0 Å². The Bertz CT molecular complexity index is 189. The molecule has 0 unspecified atom stereocenters. The molecule has 2 heteroatoms. The molecule has 1 aliphatic rings. The first-order valence-electron chi connectivity index (χ1n) is 2.67. The minimum Gasteiger partial charge on any atom is -0.0844 e. The summed E-state index contributed by atoms with van der Waals surface area (Å²) < 4.78 is 1.16. The minimum atomic E-state index is 0.782. The minimum absolute atomic E-state index is 0.782. The van der Waals surface area contributed by atoms with Gasteiger partial charge in [-0.2, -0.15) is 0 Å². The lowest BCUT2D eigenvalue weighted by Gasteiger charge is -1.83. The van der Waals surface area contributed by atoms with Crippen molar-refractivity contribution in [2.75, 3.05) is 0 Å². The molecular weight excluding hydrogens is 199 g/mol. The second-order valence-corrected chi connectivity index (χ2v) is 3.23. The lowest BCUT2D eigenvalue weighted by Crippen LogP contribution is -1.60. The SMILES string of the molecule is ClC1=CC=C(Br)CC=C1. The van der Waals surface area contributed by atoms with E-state index in [0.717, 1.165) is 15.9 Å². The van der Waals surface area contributed by atoms with E-state index in [4.69, 9.17) is 11.6 Å². The van der Waals surface area contributed by atoms with Crippen LogP contribution in [0.2, 0.25) is 0 Å². The smallest absolute Gasteiger partial charge is 0.0403 e. The van der Waals surface area contributed by atoms with Crippen LogP contribution in [0, 0.1) is 0 Å². The van der Waals surface area contributed by atoms with Gasteiger partial charge in [-0.1, -0.05) is 39.7 Å². The molecule has 0 amide bonds. The second-order valence-electron chi connectivity index (χ2n) is 1.77. The van der Waals surface area contributed by atoms with Gasteiger partial charge in [-0.3, -0.25) is 0 Å². The van der Waals surface area contributed by atoms with Gasteiger partial charge in [0.2, 0.25) is 0 Å². The zero-order chi connectivity index (χ0) is 6.69. The van der Waals surface area contributed by atoms with Gasteiger partial charge in [0, 0.05) is 5.03 Å². The maximum absolute atomic E-state index is 5.70. The van der Waals surface area contributed by atoms with Crippen LogP contribution >= 0.6 is 27.5 Å². The second kappa shape index (κ2) is 3.23. The highest BCUT2D eigenvalue weighted by atomic mass is 79.9. The van der Waals surface area contributed by atoms with Crippen LogP contribution in [0.3, 0.4) is 0 Å². The van der Waals surface area contributed by atoms with Crippen molar-refractivity contribution in [3.8, 4) is 0 Å². The average molecular weight is 205 g/mol. The molecule has 1 rings (SSSR count). The number of rotatable bonds is 0. The van der Waals surface area contributed by atoms with E-state index < -0.39 is 0 Å². The van der Waals surface area contributed by atoms with E-state index in [-0.39, 0.29) is 0 Å². The van der Waals surface area contributed by atoms with Gasteiger partial charge in [0.15, 0.2) is 0 Å². The predicted octanol–water partition coefficient (Wildman–Crippen LogP) is 3.35.